The fraction of sp³-hybridized carbons (Fsp3) is 0.250. The summed E-state index contributed by atoms with van der Waals surface area (Å²) in [6, 6.07) is 13.1. The second-order valence-electron chi connectivity index (χ2n) is 5.88. The molecule has 24 heavy (non-hydrogen) atoms. The molecule has 0 saturated carbocycles. The largest absolute Gasteiger partial charge is 0.489 e. The molecule has 4 nitrogen and oxygen atoms in total. The van der Waals surface area contributed by atoms with Crippen LogP contribution in [0, 0.1) is 13.8 Å². The van der Waals surface area contributed by atoms with Crippen molar-refractivity contribution >= 4 is 11.6 Å². The lowest BCUT2D eigenvalue weighted by Gasteiger charge is -2.11. The van der Waals surface area contributed by atoms with Crippen molar-refractivity contribution in [3.63, 3.8) is 0 Å². The Morgan fingerprint density at radius 3 is 2.58 bits per heavy atom. The van der Waals surface area contributed by atoms with E-state index in [2.05, 4.69) is 11.9 Å². The second-order valence-corrected chi connectivity index (χ2v) is 5.88. The number of hydrogen-bond acceptors (Lipinski definition) is 3. The Bertz CT molecular complexity index is 737. The van der Waals surface area contributed by atoms with Crippen LogP contribution in [0.5, 0.6) is 11.5 Å². The van der Waals surface area contributed by atoms with Gasteiger partial charge >= 0.3 is 0 Å². The maximum Gasteiger partial charge on any atom is 0.262 e. The van der Waals surface area contributed by atoms with E-state index in [-0.39, 0.29) is 12.5 Å². The van der Waals surface area contributed by atoms with E-state index in [1.54, 1.807) is 6.07 Å². The van der Waals surface area contributed by atoms with Gasteiger partial charge in [-0.15, -0.1) is 0 Å². The van der Waals surface area contributed by atoms with Crippen LogP contribution >= 0.6 is 0 Å². The Morgan fingerprint density at radius 1 is 1.08 bits per heavy atom. The molecule has 0 saturated heterocycles. The third-order valence-corrected chi connectivity index (χ3v) is 3.29. The van der Waals surface area contributed by atoms with Crippen molar-refractivity contribution in [1.82, 2.24) is 0 Å². The van der Waals surface area contributed by atoms with E-state index in [4.69, 9.17) is 9.47 Å². The van der Waals surface area contributed by atoms with Gasteiger partial charge in [0.25, 0.3) is 5.91 Å². The fourth-order valence-corrected chi connectivity index (χ4v) is 2.17. The molecule has 0 aromatic heterocycles. The Morgan fingerprint density at radius 2 is 1.88 bits per heavy atom. The van der Waals surface area contributed by atoms with Crippen LogP contribution in [0.3, 0.4) is 0 Å². The van der Waals surface area contributed by atoms with Crippen LogP contribution in [0.15, 0.2) is 54.6 Å². The van der Waals surface area contributed by atoms with Crippen LogP contribution in [-0.2, 0) is 4.79 Å². The fourth-order valence-electron chi connectivity index (χ4n) is 2.17. The summed E-state index contributed by atoms with van der Waals surface area (Å²) in [5, 5.41) is 2.80. The van der Waals surface area contributed by atoms with E-state index < -0.39 is 0 Å². The topological polar surface area (TPSA) is 47.6 Å². The molecule has 2 aromatic rings. The molecule has 0 radical (unpaired) electrons. The molecule has 0 unspecified atom stereocenters. The molecule has 0 aliphatic rings. The summed E-state index contributed by atoms with van der Waals surface area (Å²) >= 11 is 0. The molecule has 0 bridgehead atoms. The zero-order valence-corrected chi connectivity index (χ0v) is 14.4. The van der Waals surface area contributed by atoms with E-state index in [1.807, 2.05) is 57.2 Å². The number of aryl methyl sites for hydroxylation is 2. The molecule has 2 aromatic carbocycles. The average Bonchev–Trinajstić information content (AvgIpc) is 2.52. The highest BCUT2D eigenvalue weighted by atomic mass is 16.5. The first kappa shape index (κ1) is 17.6. The first-order chi connectivity index (χ1) is 11.4. The van der Waals surface area contributed by atoms with E-state index >= 15 is 0 Å². The van der Waals surface area contributed by atoms with Crippen LogP contribution in [0.1, 0.15) is 18.1 Å². The Balaban J connectivity index is 1.90. The molecule has 0 spiro atoms. The zero-order chi connectivity index (χ0) is 17.5. The monoisotopic (exact) mass is 325 g/mol. The summed E-state index contributed by atoms with van der Waals surface area (Å²) in [6.07, 6.45) is 0. The first-order valence-corrected chi connectivity index (χ1v) is 7.81. The summed E-state index contributed by atoms with van der Waals surface area (Å²) in [7, 11) is 0. The summed E-state index contributed by atoms with van der Waals surface area (Å²) in [6.45, 7) is 10.1. The molecule has 1 amide bonds. The van der Waals surface area contributed by atoms with Crippen molar-refractivity contribution in [1.29, 1.82) is 0 Å². The number of benzene rings is 2. The van der Waals surface area contributed by atoms with E-state index in [1.165, 1.54) is 0 Å². The van der Waals surface area contributed by atoms with Crippen molar-refractivity contribution in [3.8, 4) is 11.5 Å². The third-order valence-electron chi connectivity index (χ3n) is 3.29. The molecule has 4 heteroatoms. The van der Waals surface area contributed by atoms with Crippen molar-refractivity contribution in [3.05, 3.63) is 65.7 Å². The highest BCUT2D eigenvalue weighted by Crippen LogP contribution is 2.20. The van der Waals surface area contributed by atoms with Gasteiger partial charge in [-0.2, -0.15) is 0 Å². The third kappa shape index (κ3) is 5.47. The van der Waals surface area contributed by atoms with E-state index in [0.717, 1.165) is 16.7 Å². The molecule has 0 aliphatic carbocycles. The number of carbonyl (C=O) groups excluding carboxylic acids is 1. The van der Waals surface area contributed by atoms with Crippen molar-refractivity contribution in [2.45, 2.75) is 20.8 Å². The Labute approximate surface area is 143 Å². The Kier molecular flexibility index (Phi) is 6.01. The van der Waals surface area contributed by atoms with Crippen LogP contribution in [0.4, 0.5) is 5.69 Å². The number of hydrogen-bond donors (Lipinski definition) is 1. The van der Waals surface area contributed by atoms with Crippen LogP contribution in [0.2, 0.25) is 0 Å². The smallest absolute Gasteiger partial charge is 0.262 e. The molecular formula is C20H23NO3. The Hall–Kier alpha value is -2.75. The molecular weight excluding hydrogens is 302 g/mol. The quantitative estimate of drug-likeness (QED) is 0.773. The van der Waals surface area contributed by atoms with Gasteiger partial charge in [0.05, 0.1) is 0 Å². The maximum atomic E-state index is 12.1. The molecule has 0 atom stereocenters. The van der Waals surface area contributed by atoms with Crippen LogP contribution < -0.4 is 14.8 Å². The first-order valence-electron chi connectivity index (χ1n) is 7.81. The van der Waals surface area contributed by atoms with Gasteiger partial charge in [-0.3, -0.25) is 4.79 Å². The van der Waals surface area contributed by atoms with Crippen molar-refractivity contribution in [2.75, 3.05) is 18.5 Å². The van der Waals surface area contributed by atoms with Gasteiger partial charge in [-0.05, 0) is 50.1 Å². The van der Waals surface area contributed by atoms with Gasteiger partial charge in [-0.1, -0.05) is 30.3 Å². The molecule has 0 fully saturated rings. The minimum absolute atomic E-state index is 0.0409. The summed E-state index contributed by atoms with van der Waals surface area (Å²) in [5.74, 6) is 1.19. The molecule has 0 heterocycles. The number of anilines is 1. The SMILES string of the molecule is C=C(C)COc1cccc(NC(=O)COc2ccc(C)cc2C)c1. The van der Waals surface area contributed by atoms with Crippen molar-refractivity contribution < 1.29 is 14.3 Å². The zero-order valence-electron chi connectivity index (χ0n) is 14.4. The number of rotatable bonds is 7. The second kappa shape index (κ2) is 8.20. The summed E-state index contributed by atoms with van der Waals surface area (Å²) in [5.41, 5.74) is 3.78. The average molecular weight is 325 g/mol. The number of ether oxygens (including phenoxy) is 2. The predicted molar refractivity (Wildman–Crippen MR) is 96.8 cm³/mol. The summed E-state index contributed by atoms with van der Waals surface area (Å²) < 4.78 is 11.1. The highest BCUT2D eigenvalue weighted by Gasteiger charge is 2.06. The predicted octanol–water partition coefficient (Wildman–Crippen LogP) is 4.28. The van der Waals surface area contributed by atoms with Gasteiger partial charge < -0.3 is 14.8 Å². The van der Waals surface area contributed by atoms with Crippen molar-refractivity contribution in [2.24, 2.45) is 0 Å². The van der Waals surface area contributed by atoms with Crippen LogP contribution in [-0.4, -0.2) is 19.1 Å². The van der Waals surface area contributed by atoms with Crippen LogP contribution in [0.25, 0.3) is 0 Å². The van der Waals surface area contributed by atoms with E-state index in [0.29, 0.717) is 23.8 Å². The van der Waals surface area contributed by atoms with Gasteiger partial charge in [0.2, 0.25) is 0 Å². The van der Waals surface area contributed by atoms with E-state index in [9.17, 15) is 4.79 Å². The number of carbonyl (C=O) groups is 1. The number of nitrogens with one attached hydrogen (secondary N) is 1. The standard InChI is InChI=1S/C20H23NO3/c1-14(2)12-23-18-7-5-6-17(11-18)21-20(22)13-24-19-9-8-15(3)10-16(19)4/h5-11H,1,12-13H2,2-4H3,(H,21,22). The minimum atomic E-state index is -0.216. The summed E-state index contributed by atoms with van der Waals surface area (Å²) in [4.78, 5) is 12.1. The van der Waals surface area contributed by atoms with Gasteiger partial charge in [0.15, 0.2) is 6.61 Å². The molecule has 0 aliphatic heterocycles. The lowest BCUT2D eigenvalue weighted by Crippen LogP contribution is -2.20. The van der Waals surface area contributed by atoms with Gasteiger partial charge in [0, 0.05) is 11.8 Å². The lowest BCUT2D eigenvalue weighted by molar-refractivity contribution is -0.118. The minimum Gasteiger partial charge on any atom is -0.489 e. The lowest BCUT2D eigenvalue weighted by atomic mass is 10.1. The highest BCUT2D eigenvalue weighted by molar-refractivity contribution is 5.92. The van der Waals surface area contributed by atoms with Gasteiger partial charge in [0.1, 0.15) is 18.1 Å². The molecule has 2 rings (SSSR count). The molecule has 126 valence electrons. The molecule has 1 N–H and O–H groups in total. The maximum absolute atomic E-state index is 12.1. The van der Waals surface area contributed by atoms with Gasteiger partial charge in [-0.25, -0.2) is 0 Å². The number of amides is 1. The normalized spacial score (nSPS) is 10.1.